The fourth-order valence-corrected chi connectivity index (χ4v) is 3.51. The molecule has 0 heterocycles. The van der Waals surface area contributed by atoms with Crippen LogP contribution in [-0.4, -0.2) is 11.7 Å². The summed E-state index contributed by atoms with van der Waals surface area (Å²) in [5.41, 5.74) is 5.97. The summed E-state index contributed by atoms with van der Waals surface area (Å²) in [7, 11) is 0. The van der Waals surface area contributed by atoms with Crippen molar-refractivity contribution in [3.8, 4) is 0 Å². The summed E-state index contributed by atoms with van der Waals surface area (Å²) in [5.74, 6) is -0.440. The summed E-state index contributed by atoms with van der Waals surface area (Å²) >= 11 is 0. The van der Waals surface area contributed by atoms with Crippen molar-refractivity contribution in [1.82, 2.24) is 0 Å². The van der Waals surface area contributed by atoms with E-state index in [1.165, 1.54) is 25.7 Å². The van der Waals surface area contributed by atoms with E-state index in [0.717, 1.165) is 6.42 Å². The van der Waals surface area contributed by atoms with E-state index in [-0.39, 0.29) is 18.4 Å². The Morgan fingerprint density at radius 3 is 2.00 bits per heavy atom. The number of alkyl halides is 3. The van der Waals surface area contributed by atoms with Crippen molar-refractivity contribution in [3.05, 3.63) is 0 Å². The quantitative estimate of drug-likeness (QED) is 0.786. The molecule has 2 fully saturated rings. The molecule has 0 aromatic heterocycles. The van der Waals surface area contributed by atoms with Crippen LogP contribution in [0.3, 0.4) is 0 Å². The molecule has 2 N–H and O–H groups in total. The number of rotatable bonds is 2. The van der Waals surface area contributed by atoms with Crippen LogP contribution in [0.1, 0.15) is 57.8 Å². The standard InChI is InChI=1S/C13H22F3N/c14-13(15,16)11-5-7-12(17,8-6-11)9-10-3-1-2-4-10/h10-11H,1-9,17H2. The van der Waals surface area contributed by atoms with Gasteiger partial charge in [-0.25, -0.2) is 0 Å². The minimum Gasteiger partial charge on any atom is -0.325 e. The van der Waals surface area contributed by atoms with Crippen LogP contribution in [-0.2, 0) is 0 Å². The Bertz CT molecular complexity index is 248. The first kappa shape index (κ1) is 13.2. The second-order valence-electron chi connectivity index (χ2n) is 6.03. The molecule has 2 aliphatic carbocycles. The SMILES string of the molecule is NC1(CC2CCCC2)CCC(C(F)(F)F)CC1. The minimum atomic E-state index is -4.02. The zero-order valence-electron chi connectivity index (χ0n) is 10.2. The van der Waals surface area contributed by atoms with Crippen molar-refractivity contribution in [1.29, 1.82) is 0 Å². The summed E-state index contributed by atoms with van der Waals surface area (Å²) in [4.78, 5) is 0. The Morgan fingerprint density at radius 2 is 1.53 bits per heavy atom. The van der Waals surface area contributed by atoms with Gasteiger partial charge in [0, 0.05) is 5.54 Å². The molecule has 17 heavy (non-hydrogen) atoms. The van der Waals surface area contributed by atoms with Gasteiger partial charge in [-0.3, -0.25) is 0 Å². The monoisotopic (exact) mass is 249 g/mol. The average Bonchev–Trinajstić information content (AvgIpc) is 2.68. The van der Waals surface area contributed by atoms with Crippen LogP contribution in [0, 0.1) is 11.8 Å². The fraction of sp³-hybridized carbons (Fsp3) is 1.00. The van der Waals surface area contributed by atoms with Gasteiger partial charge >= 0.3 is 6.18 Å². The molecular weight excluding hydrogens is 227 g/mol. The highest BCUT2D eigenvalue weighted by molar-refractivity contribution is 4.93. The van der Waals surface area contributed by atoms with Crippen molar-refractivity contribution in [3.63, 3.8) is 0 Å². The molecule has 2 rings (SSSR count). The topological polar surface area (TPSA) is 26.0 Å². The molecule has 0 saturated heterocycles. The Kier molecular flexibility index (Phi) is 3.71. The summed E-state index contributed by atoms with van der Waals surface area (Å²) in [6, 6.07) is 0. The van der Waals surface area contributed by atoms with Crippen molar-refractivity contribution in [2.45, 2.75) is 69.5 Å². The molecule has 100 valence electrons. The predicted octanol–water partition coefficient (Wildman–Crippen LogP) is 4.02. The molecule has 1 nitrogen and oxygen atoms in total. The normalized spacial score (nSPS) is 36.4. The fourth-order valence-electron chi connectivity index (χ4n) is 3.51. The molecule has 0 aromatic carbocycles. The summed E-state index contributed by atoms with van der Waals surface area (Å²) in [6.45, 7) is 0. The van der Waals surface area contributed by atoms with Crippen molar-refractivity contribution in [2.24, 2.45) is 17.6 Å². The van der Waals surface area contributed by atoms with Crippen LogP contribution >= 0.6 is 0 Å². The third-order valence-corrected chi connectivity index (χ3v) is 4.61. The predicted molar refractivity (Wildman–Crippen MR) is 61.5 cm³/mol. The maximum atomic E-state index is 12.6. The van der Waals surface area contributed by atoms with Crippen LogP contribution in [0.25, 0.3) is 0 Å². The van der Waals surface area contributed by atoms with Gasteiger partial charge in [0.1, 0.15) is 0 Å². The third kappa shape index (κ3) is 3.36. The molecule has 0 unspecified atom stereocenters. The van der Waals surface area contributed by atoms with Gasteiger partial charge in [-0.15, -0.1) is 0 Å². The average molecular weight is 249 g/mol. The smallest absolute Gasteiger partial charge is 0.325 e. The molecule has 0 aliphatic heterocycles. The zero-order valence-corrected chi connectivity index (χ0v) is 10.2. The largest absolute Gasteiger partial charge is 0.391 e. The lowest BCUT2D eigenvalue weighted by Crippen LogP contribution is -2.46. The van der Waals surface area contributed by atoms with Gasteiger partial charge in [0.15, 0.2) is 0 Å². The van der Waals surface area contributed by atoms with Crippen LogP contribution in [0.2, 0.25) is 0 Å². The van der Waals surface area contributed by atoms with E-state index in [0.29, 0.717) is 18.8 Å². The Hall–Kier alpha value is -0.250. The lowest BCUT2D eigenvalue weighted by molar-refractivity contribution is -0.184. The molecule has 0 bridgehead atoms. The van der Waals surface area contributed by atoms with Gasteiger partial charge in [0.2, 0.25) is 0 Å². The number of hydrogen-bond acceptors (Lipinski definition) is 1. The first-order valence-electron chi connectivity index (χ1n) is 6.75. The third-order valence-electron chi connectivity index (χ3n) is 4.61. The van der Waals surface area contributed by atoms with E-state index >= 15 is 0 Å². The summed E-state index contributed by atoms with van der Waals surface area (Å²) < 4.78 is 37.7. The Morgan fingerprint density at radius 1 is 1.00 bits per heavy atom. The second kappa shape index (κ2) is 4.79. The minimum absolute atomic E-state index is 0.229. The van der Waals surface area contributed by atoms with E-state index in [9.17, 15) is 13.2 Å². The number of halogens is 3. The van der Waals surface area contributed by atoms with Crippen molar-refractivity contribution < 1.29 is 13.2 Å². The molecule has 2 aliphatic rings. The van der Waals surface area contributed by atoms with Gasteiger partial charge < -0.3 is 5.73 Å². The molecule has 0 aromatic rings. The maximum Gasteiger partial charge on any atom is 0.391 e. The van der Waals surface area contributed by atoms with Gasteiger partial charge in [-0.2, -0.15) is 13.2 Å². The van der Waals surface area contributed by atoms with Gasteiger partial charge in [0.25, 0.3) is 0 Å². The second-order valence-corrected chi connectivity index (χ2v) is 6.03. The number of hydrogen-bond donors (Lipinski definition) is 1. The number of nitrogens with two attached hydrogens (primary N) is 1. The van der Waals surface area contributed by atoms with E-state index in [2.05, 4.69) is 0 Å². The lowest BCUT2D eigenvalue weighted by atomic mass is 9.72. The molecule has 4 heteroatoms. The van der Waals surface area contributed by atoms with Crippen LogP contribution in [0.5, 0.6) is 0 Å². The first-order chi connectivity index (χ1) is 7.89. The van der Waals surface area contributed by atoms with Crippen LogP contribution in [0.4, 0.5) is 13.2 Å². The Balaban J connectivity index is 1.84. The maximum absolute atomic E-state index is 12.6. The Labute approximate surface area is 101 Å². The first-order valence-corrected chi connectivity index (χ1v) is 6.75. The molecule has 0 radical (unpaired) electrons. The van der Waals surface area contributed by atoms with Gasteiger partial charge in [-0.05, 0) is 38.0 Å². The van der Waals surface area contributed by atoms with E-state index in [1.807, 2.05) is 0 Å². The molecule has 0 spiro atoms. The van der Waals surface area contributed by atoms with Crippen molar-refractivity contribution >= 4 is 0 Å². The van der Waals surface area contributed by atoms with E-state index < -0.39 is 12.1 Å². The van der Waals surface area contributed by atoms with E-state index in [1.54, 1.807) is 0 Å². The lowest BCUT2D eigenvalue weighted by Gasteiger charge is -2.39. The molecular formula is C13H22F3N. The summed E-state index contributed by atoms with van der Waals surface area (Å²) in [5, 5.41) is 0. The van der Waals surface area contributed by atoms with Crippen LogP contribution in [0.15, 0.2) is 0 Å². The van der Waals surface area contributed by atoms with Gasteiger partial charge in [-0.1, -0.05) is 25.7 Å². The van der Waals surface area contributed by atoms with E-state index in [4.69, 9.17) is 5.73 Å². The zero-order chi connectivity index (χ0) is 12.5. The summed E-state index contributed by atoms with van der Waals surface area (Å²) in [6.07, 6.45) is 3.47. The highest BCUT2D eigenvalue weighted by Gasteiger charge is 2.45. The van der Waals surface area contributed by atoms with Gasteiger partial charge in [0.05, 0.1) is 5.92 Å². The highest BCUT2D eigenvalue weighted by atomic mass is 19.4. The van der Waals surface area contributed by atoms with Crippen molar-refractivity contribution in [2.75, 3.05) is 0 Å². The molecule has 2 saturated carbocycles. The highest BCUT2D eigenvalue weighted by Crippen LogP contribution is 2.43. The molecule has 0 atom stereocenters. The molecule has 0 amide bonds. The van der Waals surface area contributed by atoms with Crippen LogP contribution < -0.4 is 5.73 Å².